The summed E-state index contributed by atoms with van der Waals surface area (Å²) in [6.45, 7) is 1.46. The van der Waals surface area contributed by atoms with Crippen molar-refractivity contribution in [2.75, 3.05) is 10.6 Å². The maximum absolute atomic E-state index is 12.1. The number of anilines is 2. The van der Waals surface area contributed by atoms with E-state index in [2.05, 4.69) is 10.6 Å². The van der Waals surface area contributed by atoms with Gasteiger partial charge in [-0.1, -0.05) is 31.4 Å². The lowest BCUT2D eigenvalue weighted by Gasteiger charge is -2.21. The molecular weight excluding hydrogens is 252 g/mol. The van der Waals surface area contributed by atoms with E-state index in [1.807, 2.05) is 18.2 Å². The van der Waals surface area contributed by atoms with Crippen LogP contribution in [0.1, 0.15) is 45.4 Å². The second kappa shape index (κ2) is 7.08. The van der Waals surface area contributed by atoms with Crippen LogP contribution in [0.25, 0.3) is 0 Å². The molecule has 0 bridgehead atoms. The predicted octanol–water partition coefficient (Wildman–Crippen LogP) is 3.55. The Hall–Kier alpha value is -1.84. The molecule has 20 heavy (non-hydrogen) atoms. The fourth-order valence-corrected chi connectivity index (χ4v) is 2.75. The zero-order valence-corrected chi connectivity index (χ0v) is 11.9. The number of amides is 2. The highest BCUT2D eigenvalue weighted by atomic mass is 16.2. The predicted molar refractivity (Wildman–Crippen MR) is 80.6 cm³/mol. The van der Waals surface area contributed by atoms with Gasteiger partial charge in [-0.3, -0.25) is 9.59 Å². The highest BCUT2D eigenvalue weighted by Gasteiger charge is 2.17. The fraction of sp³-hybridized carbons (Fsp3) is 0.500. The van der Waals surface area contributed by atoms with Crippen LogP contribution in [0.4, 0.5) is 11.4 Å². The van der Waals surface area contributed by atoms with E-state index in [9.17, 15) is 9.59 Å². The molecule has 108 valence electrons. The van der Waals surface area contributed by atoms with E-state index in [1.54, 1.807) is 6.07 Å². The summed E-state index contributed by atoms with van der Waals surface area (Å²) in [6, 6.07) is 7.28. The minimum absolute atomic E-state index is 0.0368. The first-order valence-electron chi connectivity index (χ1n) is 7.31. The Bertz CT molecular complexity index is 479. The van der Waals surface area contributed by atoms with Gasteiger partial charge in [-0.2, -0.15) is 0 Å². The van der Waals surface area contributed by atoms with Crippen molar-refractivity contribution < 1.29 is 9.59 Å². The molecule has 0 heterocycles. The molecule has 0 atom stereocenters. The molecule has 0 unspecified atom stereocenters. The fourth-order valence-electron chi connectivity index (χ4n) is 2.75. The molecule has 0 radical (unpaired) electrons. The van der Waals surface area contributed by atoms with Gasteiger partial charge >= 0.3 is 0 Å². The van der Waals surface area contributed by atoms with E-state index in [0.29, 0.717) is 23.7 Å². The summed E-state index contributed by atoms with van der Waals surface area (Å²) in [7, 11) is 0. The summed E-state index contributed by atoms with van der Waals surface area (Å²) in [6.07, 6.45) is 6.65. The average Bonchev–Trinajstić information content (AvgIpc) is 2.41. The van der Waals surface area contributed by atoms with Crippen LogP contribution in [0.3, 0.4) is 0 Å². The van der Waals surface area contributed by atoms with E-state index in [1.165, 1.54) is 26.2 Å². The van der Waals surface area contributed by atoms with Crippen molar-refractivity contribution in [2.45, 2.75) is 45.4 Å². The molecular formula is C16H22N2O2. The largest absolute Gasteiger partial charge is 0.325 e. The van der Waals surface area contributed by atoms with Crippen LogP contribution in [-0.2, 0) is 9.59 Å². The SMILES string of the molecule is CC(=O)Nc1ccccc1NC(=O)CC1CCCCC1. The molecule has 1 aromatic rings. The first kappa shape index (κ1) is 14.6. The first-order chi connectivity index (χ1) is 9.65. The Morgan fingerprint density at radius 2 is 1.65 bits per heavy atom. The Labute approximate surface area is 119 Å². The third-order valence-electron chi connectivity index (χ3n) is 3.71. The van der Waals surface area contributed by atoms with Crippen molar-refractivity contribution in [1.29, 1.82) is 0 Å². The van der Waals surface area contributed by atoms with Crippen LogP contribution >= 0.6 is 0 Å². The molecule has 1 fully saturated rings. The summed E-state index contributed by atoms with van der Waals surface area (Å²) in [5, 5.41) is 5.64. The van der Waals surface area contributed by atoms with Gasteiger partial charge in [-0.25, -0.2) is 0 Å². The second-order valence-electron chi connectivity index (χ2n) is 5.48. The summed E-state index contributed by atoms with van der Waals surface area (Å²) < 4.78 is 0. The Morgan fingerprint density at radius 1 is 1.05 bits per heavy atom. The summed E-state index contributed by atoms with van der Waals surface area (Å²) in [5.74, 6) is 0.408. The first-order valence-corrected chi connectivity index (χ1v) is 7.31. The van der Waals surface area contributed by atoms with Crippen LogP contribution in [-0.4, -0.2) is 11.8 Å². The number of rotatable bonds is 4. The molecule has 0 saturated heterocycles. The van der Waals surface area contributed by atoms with Gasteiger partial charge in [-0.05, 0) is 30.9 Å². The number of benzene rings is 1. The highest BCUT2D eigenvalue weighted by Crippen LogP contribution is 2.27. The molecule has 4 nitrogen and oxygen atoms in total. The number of nitrogens with one attached hydrogen (secondary N) is 2. The van der Waals surface area contributed by atoms with Crippen molar-refractivity contribution in [1.82, 2.24) is 0 Å². The van der Waals surface area contributed by atoms with Crippen LogP contribution < -0.4 is 10.6 Å². The molecule has 1 aromatic carbocycles. The standard InChI is InChI=1S/C16H22N2O2/c1-12(19)17-14-9-5-6-10-15(14)18-16(20)11-13-7-3-2-4-8-13/h5-6,9-10,13H,2-4,7-8,11H2,1H3,(H,17,19)(H,18,20). The Balaban J connectivity index is 1.94. The molecule has 0 spiro atoms. The molecule has 2 rings (SSSR count). The summed E-state index contributed by atoms with van der Waals surface area (Å²) in [5.41, 5.74) is 1.32. The van der Waals surface area contributed by atoms with Gasteiger partial charge in [0.1, 0.15) is 0 Å². The smallest absolute Gasteiger partial charge is 0.224 e. The maximum atomic E-state index is 12.1. The third kappa shape index (κ3) is 4.37. The van der Waals surface area contributed by atoms with Gasteiger partial charge in [0, 0.05) is 13.3 Å². The van der Waals surface area contributed by atoms with E-state index in [0.717, 1.165) is 12.8 Å². The van der Waals surface area contributed by atoms with Crippen LogP contribution in [0, 0.1) is 5.92 Å². The molecule has 1 saturated carbocycles. The number of carbonyl (C=O) groups excluding carboxylic acids is 2. The summed E-state index contributed by atoms with van der Waals surface area (Å²) in [4.78, 5) is 23.2. The zero-order chi connectivity index (χ0) is 14.4. The van der Waals surface area contributed by atoms with Gasteiger partial charge in [-0.15, -0.1) is 0 Å². The Morgan fingerprint density at radius 3 is 2.25 bits per heavy atom. The van der Waals surface area contributed by atoms with Gasteiger partial charge in [0.15, 0.2) is 0 Å². The minimum atomic E-state index is -0.140. The quantitative estimate of drug-likeness (QED) is 0.882. The Kier molecular flexibility index (Phi) is 5.16. The molecule has 0 aliphatic heterocycles. The van der Waals surface area contributed by atoms with Crippen molar-refractivity contribution >= 4 is 23.2 Å². The van der Waals surface area contributed by atoms with E-state index < -0.39 is 0 Å². The van der Waals surface area contributed by atoms with E-state index in [4.69, 9.17) is 0 Å². The van der Waals surface area contributed by atoms with Gasteiger partial charge in [0.05, 0.1) is 11.4 Å². The van der Waals surface area contributed by atoms with Gasteiger partial charge in [0.2, 0.25) is 11.8 Å². The monoisotopic (exact) mass is 274 g/mol. The number of carbonyl (C=O) groups is 2. The lowest BCUT2D eigenvalue weighted by atomic mass is 9.87. The molecule has 1 aliphatic rings. The van der Waals surface area contributed by atoms with Crippen molar-refractivity contribution in [3.05, 3.63) is 24.3 Å². The van der Waals surface area contributed by atoms with Crippen LogP contribution in [0.5, 0.6) is 0 Å². The topological polar surface area (TPSA) is 58.2 Å². The van der Waals surface area contributed by atoms with Crippen LogP contribution in [0.2, 0.25) is 0 Å². The second-order valence-corrected chi connectivity index (χ2v) is 5.48. The number of para-hydroxylation sites is 2. The van der Waals surface area contributed by atoms with E-state index >= 15 is 0 Å². The summed E-state index contributed by atoms with van der Waals surface area (Å²) >= 11 is 0. The zero-order valence-electron chi connectivity index (χ0n) is 11.9. The minimum Gasteiger partial charge on any atom is -0.325 e. The molecule has 1 aliphatic carbocycles. The number of hydrogen-bond acceptors (Lipinski definition) is 2. The highest BCUT2D eigenvalue weighted by molar-refractivity contribution is 5.98. The molecule has 2 N–H and O–H groups in total. The normalized spacial score (nSPS) is 15.7. The average molecular weight is 274 g/mol. The van der Waals surface area contributed by atoms with Crippen molar-refractivity contribution in [3.63, 3.8) is 0 Å². The molecule has 2 amide bonds. The molecule has 0 aromatic heterocycles. The van der Waals surface area contributed by atoms with Crippen LogP contribution in [0.15, 0.2) is 24.3 Å². The molecule has 4 heteroatoms. The number of hydrogen-bond donors (Lipinski definition) is 2. The third-order valence-corrected chi connectivity index (χ3v) is 3.71. The maximum Gasteiger partial charge on any atom is 0.224 e. The van der Waals surface area contributed by atoms with Gasteiger partial charge < -0.3 is 10.6 Å². The van der Waals surface area contributed by atoms with Crippen molar-refractivity contribution in [3.8, 4) is 0 Å². The van der Waals surface area contributed by atoms with E-state index in [-0.39, 0.29) is 11.8 Å². The lowest BCUT2D eigenvalue weighted by molar-refractivity contribution is -0.117. The van der Waals surface area contributed by atoms with Gasteiger partial charge in [0.25, 0.3) is 0 Å². The van der Waals surface area contributed by atoms with Crippen molar-refractivity contribution in [2.24, 2.45) is 5.92 Å². The lowest BCUT2D eigenvalue weighted by Crippen LogP contribution is -2.19.